The number of aliphatic carboxylic acids is 1. The Morgan fingerprint density at radius 1 is 0.806 bits per heavy atom. The van der Waals surface area contributed by atoms with E-state index in [0.29, 0.717) is 51.6 Å². The van der Waals surface area contributed by atoms with E-state index >= 15 is 0 Å². The van der Waals surface area contributed by atoms with Gasteiger partial charge < -0.3 is 67.1 Å². The van der Waals surface area contributed by atoms with E-state index in [2.05, 4.69) is 26.7 Å². The number of ether oxygens (including phenoxy) is 12. The smallest absolute Gasteiger partial charge is 0.305 e. The molecule has 15 nitrogen and oxygen atoms in total. The molecule has 11 rings (SSSR count). The number of hydrogen-bond acceptors (Lipinski definition) is 14. The molecule has 0 aromatic heterocycles. The lowest BCUT2D eigenvalue weighted by atomic mass is 9.79. The van der Waals surface area contributed by atoms with Crippen LogP contribution in [0.25, 0.3) is 0 Å². The third kappa shape index (κ3) is 8.10. The van der Waals surface area contributed by atoms with Crippen molar-refractivity contribution in [2.45, 2.75) is 226 Å². The molecule has 62 heavy (non-hydrogen) atoms. The number of aliphatic hydroxyl groups is 1. The average molecular weight is 873 g/mol. The molecular formula is C47H68O15. The molecule has 2 N–H and O–H groups in total. The second kappa shape index (κ2) is 16.8. The van der Waals surface area contributed by atoms with Crippen molar-refractivity contribution in [2.75, 3.05) is 13.2 Å². The zero-order valence-electron chi connectivity index (χ0n) is 36.8. The van der Waals surface area contributed by atoms with Gasteiger partial charge in [-0.2, -0.15) is 0 Å². The number of aliphatic hydroxyl groups excluding tert-OH is 1. The number of hydrogen-bond donors (Lipinski definition) is 2. The molecule has 0 saturated carbocycles. The Bertz CT molecular complexity index is 1720. The zero-order chi connectivity index (χ0) is 43.3. The van der Waals surface area contributed by atoms with Gasteiger partial charge in [-0.25, -0.2) is 0 Å². The van der Waals surface area contributed by atoms with Crippen molar-refractivity contribution in [1.29, 1.82) is 0 Å². The van der Waals surface area contributed by atoms with Crippen LogP contribution in [0, 0.1) is 11.8 Å². The Kier molecular flexibility index (Phi) is 11.9. The van der Waals surface area contributed by atoms with Crippen molar-refractivity contribution in [1.82, 2.24) is 0 Å². The van der Waals surface area contributed by atoms with Crippen molar-refractivity contribution >= 4 is 5.97 Å². The van der Waals surface area contributed by atoms with Gasteiger partial charge >= 0.3 is 5.97 Å². The number of carbonyl (C=O) groups is 1. The molecule has 11 aliphatic heterocycles. The van der Waals surface area contributed by atoms with Gasteiger partial charge in [0.15, 0.2) is 11.6 Å². The molecule has 0 aromatic carbocycles. The van der Waals surface area contributed by atoms with Gasteiger partial charge in [-0.3, -0.25) is 4.79 Å². The van der Waals surface area contributed by atoms with Crippen molar-refractivity contribution in [2.24, 2.45) is 11.8 Å². The Balaban J connectivity index is 0.749. The first kappa shape index (κ1) is 44.0. The van der Waals surface area contributed by atoms with Crippen LogP contribution < -0.4 is 0 Å². The largest absolute Gasteiger partial charge is 0.481 e. The van der Waals surface area contributed by atoms with Gasteiger partial charge in [-0.05, 0) is 75.9 Å². The summed E-state index contributed by atoms with van der Waals surface area (Å²) in [6, 6.07) is 0. The van der Waals surface area contributed by atoms with E-state index in [9.17, 15) is 15.0 Å². The SMILES string of the molecule is C=CCO[C@]12C[C@]3(CC[C@H]4CC(=C)[C@H](CC[C@H]5C[C@@H](C)C(=C)C(C[C@@H]6O[C@H]7C[C@H]8OC(C)(C)OC[C@H]8O[C@H]7[C@H](C)[C@H]6O)O5)O4)OC4[C@H](O1)C(O[C@H]1CC[C@H](CC(=O)O)O[C@H]41)[C@@H]2O3. The minimum Gasteiger partial charge on any atom is -0.481 e. The Morgan fingerprint density at radius 2 is 1.60 bits per heavy atom. The van der Waals surface area contributed by atoms with E-state index < -0.39 is 72.2 Å². The molecule has 0 amide bonds. The molecule has 3 unspecified atom stereocenters. The van der Waals surface area contributed by atoms with Gasteiger partial charge in [0, 0.05) is 25.2 Å². The summed E-state index contributed by atoms with van der Waals surface area (Å²) in [7, 11) is 0. The van der Waals surface area contributed by atoms with Gasteiger partial charge in [0.05, 0.1) is 93.2 Å². The van der Waals surface area contributed by atoms with Crippen LogP contribution in [-0.2, 0) is 61.6 Å². The third-order valence-electron chi connectivity index (χ3n) is 15.7. The summed E-state index contributed by atoms with van der Waals surface area (Å²) in [4.78, 5) is 11.6. The molecule has 21 atom stereocenters. The van der Waals surface area contributed by atoms with E-state index in [1.165, 1.54) is 0 Å². The van der Waals surface area contributed by atoms with Crippen LogP contribution in [0.2, 0.25) is 0 Å². The van der Waals surface area contributed by atoms with Crippen LogP contribution in [0.5, 0.6) is 0 Å². The second-order valence-electron chi connectivity index (χ2n) is 20.5. The molecule has 15 heteroatoms. The first-order valence-electron chi connectivity index (χ1n) is 23.4. The number of carboxylic acids is 1. The topological polar surface area (TPSA) is 168 Å². The van der Waals surface area contributed by atoms with Crippen LogP contribution in [0.1, 0.15) is 105 Å². The third-order valence-corrected chi connectivity index (χ3v) is 15.7. The Labute approximate surface area is 365 Å². The molecule has 11 heterocycles. The maximum Gasteiger partial charge on any atom is 0.305 e. The van der Waals surface area contributed by atoms with Crippen molar-refractivity contribution in [3.8, 4) is 0 Å². The van der Waals surface area contributed by atoms with Crippen LogP contribution in [-0.4, -0.2) is 151 Å². The lowest BCUT2D eigenvalue weighted by Crippen LogP contribution is -2.63. The molecule has 11 aliphatic rings. The van der Waals surface area contributed by atoms with Crippen molar-refractivity contribution < 1.29 is 71.8 Å². The summed E-state index contributed by atoms with van der Waals surface area (Å²) in [5, 5.41) is 21.0. The molecule has 0 aromatic rings. The van der Waals surface area contributed by atoms with Gasteiger partial charge in [-0.15, -0.1) is 6.58 Å². The first-order chi connectivity index (χ1) is 29.6. The van der Waals surface area contributed by atoms with Crippen LogP contribution >= 0.6 is 0 Å². The van der Waals surface area contributed by atoms with Gasteiger partial charge in [0.2, 0.25) is 5.79 Å². The maximum atomic E-state index is 11.6. The molecule has 0 radical (unpaired) electrons. The highest BCUT2D eigenvalue weighted by molar-refractivity contribution is 5.67. The van der Waals surface area contributed by atoms with E-state index in [4.69, 9.17) is 56.8 Å². The number of carboxylic acid groups (broad SMARTS) is 1. The monoisotopic (exact) mass is 872 g/mol. The second-order valence-corrected chi connectivity index (χ2v) is 20.5. The van der Waals surface area contributed by atoms with Crippen LogP contribution in [0.3, 0.4) is 0 Å². The summed E-state index contributed by atoms with van der Waals surface area (Å²) in [5.41, 5.74) is 2.11. The standard InChI is InChI=1S/C47H68O15/c1-8-15-51-47-22-46(60-41-40-31(12-10-28(55-40)18-37(48)49)57-43(42(41)61-47)44(47)62-46)14-13-29-17-24(3)30(53-29)11-9-27-16-23(2)25(4)32(54-27)19-34-38(50)26(5)39-35(56-34)20-33-36(58-39)21-52-45(6,7)59-33/h8,23,26-36,38-44,50H,1,3-4,9-22H2,2,5-7H3,(H,48,49)/t23-,26-,27+,28-,29+,30+,31+,32?,33-,34+,35+,36-,38-,39+,40+,41?,42+,43?,44+,46-,47-/m1/s1. The summed E-state index contributed by atoms with van der Waals surface area (Å²) in [5.74, 6) is -3.51. The predicted octanol–water partition coefficient (Wildman–Crippen LogP) is 5.05. The highest BCUT2D eigenvalue weighted by atomic mass is 16.8. The van der Waals surface area contributed by atoms with E-state index in [1.54, 1.807) is 6.08 Å². The lowest BCUT2D eigenvalue weighted by molar-refractivity contribution is -0.355. The fourth-order valence-electron chi connectivity index (χ4n) is 12.5. The Morgan fingerprint density at radius 3 is 2.40 bits per heavy atom. The van der Waals surface area contributed by atoms with Crippen LogP contribution in [0.4, 0.5) is 0 Å². The van der Waals surface area contributed by atoms with Crippen molar-refractivity contribution in [3.05, 3.63) is 37.0 Å². The van der Waals surface area contributed by atoms with Gasteiger partial charge in [0.1, 0.15) is 36.6 Å². The predicted molar refractivity (Wildman–Crippen MR) is 219 cm³/mol. The highest BCUT2D eigenvalue weighted by Crippen LogP contribution is 2.59. The van der Waals surface area contributed by atoms with Gasteiger partial charge in [0.25, 0.3) is 0 Å². The summed E-state index contributed by atoms with van der Waals surface area (Å²) in [6.07, 6.45) is 3.60. The van der Waals surface area contributed by atoms with E-state index in [-0.39, 0.29) is 79.8 Å². The maximum absolute atomic E-state index is 11.6. The van der Waals surface area contributed by atoms with Crippen LogP contribution in [0.15, 0.2) is 37.0 Å². The summed E-state index contributed by atoms with van der Waals surface area (Å²) >= 11 is 0. The quantitative estimate of drug-likeness (QED) is 0.236. The molecule has 346 valence electrons. The minimum absolute atomic E-state index is 0.00125. The molecule has 0 spiro atoms. The molecular weight excluding hydrogens is 805 g/mol. The Hall–Kier alpha value is -1.83. The number of fused-ring (bicyclic) bond motifs is 3. The number of rotatable bonds is 13. The van der Waals surface area contributed by atoms with E-state index in [1.807, 2.05) is 20.8 Å². The summed E-state index contributed by atoms with van der Waals surface area (Å²) in [6.45, 7) is 21.6. The van der Waals surface area contributed by atoms with Crippen molar-refractivity contribution in [3.63, 3.8) is 0 Å². The average Bonchev–Trinajstić information content (AvgIpc) is 3.78. The fourth-order valence-corrected chi connectivity index (χ4v) is 12.5. The van der Waals surface area contributed by atoms with Gasteiger partial charge in [-0.1, -0.05) is 33.1 Å². The first-order valence-corrected chi connectivity index (χ1v) is 23.4. The molecule has 11 fully saturated rings. The summed E-state index contributed by atoms with van der Waals surface area (Å²) < 4.78 is 78.6. The molecule has 0 aliphatic carbocycles. The minimum atomic E-state index is -1.05. The fraction of sp³-hybridized carbons (Fsp3) is 0.851. The highest BCUT2D eigenvalue weighted by Gasteiger charge is 2.75. The van der Waals surface area contributed by atoms with E-state index in [0.717, 1.165) is 36.8 Å². The zero-order valence-corrected chi connectivity index (χ0v) is 36.8. The molecule has 11 saturated heterocycles. The molecule has 6 bridgehead atoms. The lowest BCUT2D eigenvalue weighted by Gasteiger charge is -2.53. The normalized spacial score (nSPS) is 51.3.